The third-order valence-electron chi connectivity index (χ3n) is 6.23. The molecule has 10 nitrogen and oxygen atoms in total. The summed E-state index contributed by atoms with van der Waals surface area (Å²) in [5.74, 6) is -1.04. The first-order valence-corrected chi connectivity index (χ1v) is 16.6. The molecule has 0 aliphatic heterocycles. The van der Waals surface area contributed by atoms with Crippen molar-refractivity contribution >= 4 is 19.8 Å². The van der Waals surface area contributed by atoms with Crippen LogP contribution in [0.2, 0.25) is 0 Å². The van der Waals surface area contributed by atoms with E-state index in [1.54, 1.807) is 0 Å². The Morgan fingerprint density at radius 2 is 1.05 bits per heavy atom. The van der Waals surface area contributed by atoms with Crippen LogP contribution in [0.15, 0.2) is 12.2 Å². The fourth-order valence-corrected chi connectivity index (χ4v) is 4.58. The number of hydrogen-bond acceptors (Lipinski definition) is 9. The van der Waals surface area contributed by atoms with Gasteiger partial charge in [-0.1, -0.05) is 90.2 Å². The highest BCUT2D eigenvalue weighted by Crippen LogP contribution is 2.43. The molecule has 3 unspecified atom stereocenters. The molecular formula is C29H55O10P. The zero-order valence-electron chi connectivity index (χ0n) is 24.8. The van der Waals surface area contributed by atoms with Gasteiger partial charge < -0.3 is 24.6 Å². The Bertz CT molecular complexity index is 700. The molecule has 0 aliphatic rings. The number of aliphatic hydroxyl groups excluding tert-OH is 2. The van der Waals surface area contributed by atoms with Crippen LogP contribution in [0, 0.1) is 0 Å². The van der Waals surface area contributed by atoms with Gasteiger partial charge in [0.15, 0.2) is 0 Å². The van der Waals surface area contributed by atoms with Gasteiger partial charge in [0.2, 0.25) is 0 Å². The SMILES string of the molecule is CCCC/C=C\CCCCCCCC(=O)OC(CO)COP(=O)(O)OCC(CO)OC(=O)CCCCCCCC. The van der Waals surface area contributed by atoms with E-state index < -0.39 is 58.4 Å². The van der Waals surface area contributed by atoms with E-state index in [0.717, 1.165) is 70.6 Å². The summed E-state index contributed by atoms with van der Waals surface area (Å²) in [6.07, 6.45) is 18.1. The second kappa shape index (κ2) is 26.6. The maximum absolute atomic E-state index is 12.2. The van der Waals surface area contributed by atoms with E-state index in [4.69, 9.17) is 18.5 Å². The lowest BCUT2D eigenvalue weighted by Crippen LogP contribution is -2.28. The van der Waals surface area contributed by atoms with Gasteiger partial charge in [-0.15, -0.1) is 0 Å². The fourth-order valence-electron chi connectivity index (χ4n) is 3.80. The average Bonchev–Trinajstić information content (AvgIpc) is 2.93. The summed E-state index contributed by atoms with van der Waals surface area (Å²) >= 11 is 0. The second-order valence-electron chi connectivity index (χ2n) is 10.1. The molecule has 0 spiro atoms. The number of ether oxygens (including phenoxy) is 2. The van der Waals surface area contributed by atoms with Crippen LogP contribution in [0.1, 0.15) is 123 Å². The van der Waals surface area contributed by atoms with E-state index in [0.29, 0.717) is 12.8 Å². The van der Waals surface area contributed by atoms with Crippen LogP contribution >= 0.6 is 7.82 Å². The van der Waals surface area contributed by atoms with Gasteiger partial charge in [-0.25, -0.2) is 4.57 Å². The highest BCUT2D eigenvalue weighted by Gasteiger charge is 2.27. The first-order valence-electron chi connectivity index (χ1n) is 15.1. The fraction of sp³-hybridized carbons (Fsp3) is 0.862. The number of phosphoric ester groups is 1. The van der Waals surface area contributed by atoms with Gasteiger partial charge in [-0.3, -0.25) is 18.6 Å². The van der Waals surface area contributed by atoms with E-state index in [2.05, 4.69) is 26.0 Å². The molecule has 0 heterocycles. The van der Waals surface area contributed by atoms with Crippen LogP contribution in [-0.4, -0.2) is 65.7 Å². The standard InChI is InChI=1S/C29H55O10P/c1-3-5-7-9-11-12-13-14-15-17-19-21-29(33)39-27(23-31)25-37-40(34,35)36-24-26(22-30)38-28(32)20-18-16-10-8-6-4-2/h9,11,26-27,30-31H,3-8,10,12-25H2,1-2H3,(H,34,35)/b11-9-. The molecule has 236 valence electrons. The molecule has 3 atom stereocenters. The minimum absolute atomic E-state index is 0.184. The maximum atomic E-state index is 12.2. The molecular weight excluding hydrogens is 539 g/mol. The summed E-state index contributed by atoms with van der Waals surface area (Å²) in [6.45, 7) is 2.03. The minimum Gasteiger partial charge on any atom is -0.457 e. The Labute approximate surface area is 241 Å². The highest BCUT2D eigenvalue weighted by molar-refractivity contribution is 7.47. The number of phosphoric acid groups is 1. The molecule has 0 aromatic rings. The van der Waals surface area contributed by atoms with Crippen molar-refractivity contribution in [3.8, 4) is 0 Å². The van der Waals surface area contributed by atoms with Crippen LogP contribution in [0.25, 0.3) is 0 Å². The molecule has 0 rings (SSSR count). The normalized spacial score (nSPS) is 14.6. The summed E-state index contributed by atoms with van der Waals surface area (Å²) in [5, 5.41) is 18.9. The number of carbonyl (C=O) groups is 2. The van der Waals surface area contributed by atoms with Crippen molar-refractivity contribution in [2.24, 2.45) is 0 Å². The first kappa shape index (κ1) is 38.7. The average molecular weight is 595 g/mol. The Balaban J connectivity index is 4.10. The third-order valence-corrected chi connectivity index (χ3v) is 7.18. The predicted octanol–water partition coefficient (Wildman–Crippen LogP) is 6.16. The van der Waals surface area contributed by atoms with E-state index in [-0.39, 0.29) is 12.8 Å². The molecule has 0 aromatic carbocycles. The van der Waals surface area contributed by atoms with E-state index >= 15 is 0 Å². The number of allylic oxidation sites excluding steroid dienone is 2. The van der Waals surface area contributed by atoms with E-state index in [9.17, 15) is 29.3 Å². The van der Waals surface area contributed by atoms with Crippen molar-refractivity contribution in [1.29, 1.82) is 0 Å². The number of carbonyl (C=O) groups excluding carboxylic acids is 2. The maximum Gasteiger partial charge on any atom is 0.472 e. The van der Waals surface area contributed by atoms with E-state index in [1.807, 2.05) is 0 Å². The topological polar surface area (TPSA) is 149 Å². The number of hydrogen-bond donors (Lipinski definition) is 3. The zero-order valence-corrected chi connectivity index (χ0v) is 25.7. The quantitative estimate of drug-likeness (QED) is 0.0416. The van der Waals surface area contributed by atoms with Gasteiger partial charge in [-0.2, -0.15) is 0 Å². The zero-order chi connectivity index (χ0) is 29.9. The van der Waals surface area contributed by atoms with Crippen LogP contribution in [-0.2, 0) is 32.7 Å². The van der Waals surface area contributed by atoms with Gasteiger partial charge >= 0.3 is 19.8 Å². The molecule has 0 aliphatic carbocycles. The Morgan fingerprint density at radius 3 is 1.50 bits per heavy atom. The van der Waals surface area contributed by atoms with Crippen LogP contribution < -0.4 is 0 Å². The van der Waals surface area contributed by atoms with Crippen molar-refractivity contribution in [1.82, 2.24) is 0 Å². The van der Waals surface area contributed by atoms with Crippen molar-refractivity contribution in [3.05, 3.63) is 12.2 Å². The smallest absolute Gasteiger partial charge is 0.457 e. The van der Waals surface area contributed by atoms with Crippen molar-refractivity contribution in [2.75, 3.05) is 26.4 Å². The summed E-state index contributed by atoms with van der Waals surface area (Å²) < 4.78 is 32.1. The van der Waals surface area contributed by atoms with Crippen molar-refractivity contribution in [3.63, 3.8) is 0 Å². The molecule has 3 N–H and O–H groups in total. The van der Waals surface area contributed by atoms with Crippen molar-refractivity contribution in [2.45, 2.75) is 135 Å². The van der Waals surface area contributed by atoms with Gasteiger partial charge in [0.1, 0.15) is 12.2 Å². The molecule has 0 amide bonds. The lowest BCUT2D eigenvalue weighted by molar-refractivity contribution is -0.153. The van der Waals surface area contributed by atoms with Crippen molar-refractivity contribution < 1.29 is 47.8 Å². The molecule has 0 fully saturated rings. The Morgan fingerprint density at radius 1 is 0.650 bits per heavy atom. The monoisotopic (exact) mass is 594 g/mol. The predicted molar refractivity (Wildman–Crippen MR) is 155 cm³/mol. The van der Waals surface area contributed by atoms with Crippen LogP contribution in [0.3, 0.4) is 0 Å². The number of aliphatic hydroxyl groups is 2. The van der Waals surface area contributed by atoms with Gasteiger partial charge in [0.25, 0.3) is 0 Å². The Hall–Kier alpha value is -1.29. The lowest BCUT2D eigenvalue weighted by atomic mass is 10.1. The molecule has 0 radical (unpaired) electrons. The highest BCUT2D eigenvalue weighted by atomic mass is 31.2. The van der Waals surface area contributed by atoms with Crippen LogP contribution in [0.4, 0.5) is 0 Å². The summed E-state index contributed by atoms with van der Waals surface area (Å²) in [4.78, 5) is 33.9. The summed E-state index contributed by atoms with van der Waals surface area (Å²) in [5.41, 5.74) is 0. The minimum atomic E-state index is -4.61. The molecule has 11 heteroatoms. The first-order chi connectivity index (χ1) is 19.3. The lowest BCUT2D eigenvalue weighted by Gasteiger charge is -2.20. The van der Waals surface area contributed by atoms with Gasteiger partial charge in [-0.05, 0) is 32.1 Å². The summed E-state index contributed by atoms with van der Waals surface area (Å²) in [7, 11) is -4.61. The largest absolute Gasteiger partial charge is 0.472 e. The molecule has 0 saturated carbocycles. The molecule has 0 aromatic heterocycles. The molecule has 40 heavy (non-hydrogen) atoms. The number of unbranched alkanes of at least 4 members (excludes halogenated alkanes) is 12. The Kier molecular flexibility index (Phi) is 25.7. The van der Waals surface area contributed by atoms with Crippen LogP contribution in [0.5, 0.6) is 0 Å². The number of rotatable bonds is 28. The molecule has 0 bridgehead atoms. The second-order valence-corrected chi connectivity index (χ2v) is 11.5. The van der Waals surface area contributed by atoms with Gasteiger partial charge in [0, 0.05) is 12.8 Å². The number of esters is 2. The van der Waals surface area contributed by atoms with E-state index in [1.165, 1.54) is 12.8 Å². The molecule has 0 saturated heterocycles. The summed E-state index contributed by atoms with van der Waals surface area (Å²) in [6, 6.07) is 0. The van der Waals surface area contributed by atoms with Gasteiger partial charge in [0.05, 0.1) is 26.4 Å². The third kappa shape index (κ3) is 24.5.